The van der Waals surface area contributed by atoms with Crippen molar-refractivity contribution in [2.45, 2.75) is 18.9 Å². The number of hydrogen-bond donors (Lipinski definition) is 1. The fourth-order valence-electron chi connectivity index (χ4n) is 2.63. The van der Waals surface area contributed by atoms with Crippen molar-refractivity contribution in [3.05, 3.63) is 75.8 Å². The van der Waals surface area contributed by atoms with Crippen LogP contribution >= 0.6 is 0 Å². The number of carbonyl (C=O) groups excluding carboxylic acids is 1. The number of non-ortho nitro benzene ring substituents is 1. The van der Waals surface area contributed by atoms with E-state index in [9.17, 15) is 20.0 Å². The van der Waals surface area contributed by atoms with Crippen molar-refractivity contribution in [2.75, 3.05) is 13.7 Å². The van der Waals surface area contributed by atoms with Gasteiger partial charge >= 0.3 is 0 Å². The van der Waals surface area contributed by atoms with E-state index in [2.05, 4.69) is 0 Å². The number of carbonyl (C=O) groups is 1. The zero-order chi connectivity index (χ0) is 17.5. The average Bonchev–Trinajstić information content (AvgIpc) is 2.60. The van der Waals surface area contributed by atoms with Crippen LogP contribution in [0.2, 0.25) is 0 Å². The Morgan fingerprint density at radius 1 is 1.21 bits per heavy atom. The molecule has 6 nitrogen and oxygen atoms in total. The van der Waals surface area contributed by atoms with Gasteiger partial charge in [-0.15, -0.1) is 0 Å². The zero-order valence-electron chi connectivity index (χ0n) is 13.5. The highest BCUT2D eigenvalue weighted by Gasteiger charge is 2.21. The largest absolute Gasteiger partial charge is 0.396 e. The summed E-state index contributed by atoms with van der Waals surface area (Å²) in [6, 6.07) is 15.3. The highest BCUT2D eigenvalue weighted by molar-refractivity contribution is 5.79. The third-order valence-electron chi connectivity index (χ3n) is 3.92. The minimum atomic E-state index is -0.476. The topological polar surface area (TPSA) is 83.7 Å². The summed E-state index contributed by atoms with van der Waals surface area (Å²) in [5.74, 6) is -0.155. The summed E-state index contributed by atoms with van der Waals surface area (Å²) in [5, 5.41) is 20.1. The van der Waals surface area contributed by atoms with E-state index in [0.29, 0.717) is 12.0 Å². The van der Waals surface area contributed by atoms with E-state index in [4.69, 9.17) is 0 Å². The Bertz CT molecular complexity index is 703. The molecular weight excluding hydrogens is 308 g/mol. The number of nitro groups is 1. The maximum Gasteiger partial charge on any atom is 0.269 e. The second-order valence-electron chi connectivity index (χ2n) is 5.55. The van der Waals surface area contributed by atoms with Gasteiger partial charge in [-0.05, 0) is 17.5 Å². The molecular formula is C18H20N2O4. The Morgan fingerprint density at radius 2 is 1.92 bits per heavy atom. The second kappa shape index (κ2) is 8.21. The highest BCUT2D eigenvalue weighted by Crippen LogP contribution is 2.24. The van der Waals surface area contributed by atoms with Crippen molar-refractivity contribution < 1.29 is 14.8 Å². The maximum atomic E-state index is 12.6. The lowest BCUT2D eigenvalue weighted by Crippen LogP contribution is -2.33. The molecule has 0 aromatic heterocycles. The summed E-state index contributed by atoms with van der Waals surface area (Å²) in [5.41, 5.74) is 1.51. The van der Waals surface area contributed by atoms with Gasteiger partial charge in [-0.25, -0.2) is 0 Å². The molecule has 24 heavy (non-hydrogen) atoms. The van der Waals surface area contributed by atoms with E-state index in [-0.39, 0.29) is 30.7 Å². The number of likely N-dealkylation sites (N-methyl/N-ethyl adjacent to an activating group) is 1. The summed E-state index contributed by atoms with van der Waals surface area (Å²) < 4.78 is 0. The second-order valence-corrected chi connectivity index (χ2v) is 5.55. The van der Waals surface area contributed by atoms with E-state index in [0.717, 1.165) is 5.56 Å². The number of nitrogens with zero attached hydrogens (tertiary/aromatic N) is 2. The van der Waals surface area contributed by atoms with E-state index in [1.54, 1.807) is 24.1 Å². The zero-order valence-corrected chi connectivity index (χ0v) is 13.5. The Balaban J connectivity index is 2.15. The van der Waals surface area contributed by atoms with Crippen molar-refractivity contribution in [3.63, 3.8) is 0 Å². The number of rotatable bonds is 7. The number of benzene rings is 2. The first-order chi connectivity index (χ1) is 11.5. The predicted octanol–water partition coefficient (Wildman–Crippen LogP) is 2.72. The van der Waals surface area contributed by atoms with Gasteiger partial charge in [0.2, 0.25) is 5.91 Å². The van der Waals surface area contributed by atoms with Gasteiger partial charge in [0.05, 0.1) is 17.4 Å². The first-order valence-electron chi connectivity index (χ1n) is 7.67. The van der Waals surface area contributed by atoms with Gasteiger partial charge in [0.25, 0.3) is 5.69 Å². The SMILES string of the molecule is CN(C(=O)Cc1cccc([N+](=O)[O-])c1)C(CCO)c1ccccc1. The molecule has 1 unspecified atom stereocenters. The summed E-state index contributed by atoms with van der Waals surface area (Å²) in [6.07, 6.45) is 0.508. The molecule has 6 heteroatoms. The van der Waals surface area contributed by atoms with Crippen LogP contribution in [0.3, 0.4) is 0 Å². The van der Waals surface area contributed by atoms with Crippen LogP contribution in [-0.2, 0) is 11.2 Å². The maximum absolute atomic E-state index is 12.6. The third kappa shape index (κ3) is 4.39. The van der Waals surface area contributed by atoms with Gasteiger partial charge in [-0.2, -0.15) is 0 Å². The van der Waals surface area contributed by atoms with Crippen LogP contribution in [0.15, 0.2) is 54.6 Å². The molecule has 0 bridgehead atoms. The Morgan fingerprint density at radius 3 is 2.54 bits per heavy atom. The van der Waals surface area contributed by atoms with Gasteiger partial charge in [0, 0.05) is 25.8 Å². The molecule has 0 aliphatic heterocycles. The summed E-state index contributed by atoms with van der Waals surface area (Å²) in [7, 11) is 1.69. The van der Waals surface area contributed by atoms with Crippen LogP contribution in [0.1, 0.15) is 23.6 Å². The van der Waals surface area contributed by atoms with E-state index < -0.39 is 4.92 Å². The molecule has 0 spiro atoms. The quantitative estimate of drug-likeness (QED) is 0.625. The molecule has 1 N–H and O–H groups in total. The molecule has 1 atom stereocenters. The fraction of sp³-hybridized carbons (Fsp3) is 0.278. The fourth-order valence-corrected chi connectivity index (χ4v) is 2.63. The Labute approximate surface area is 140 Å². The molecule has 0 saturated carbocycles. The molecule has 0 aliphatic carbocycles. The number of nitro benzene ring substituents is 1. The molecule has 2 aromatic rings. The van der Waals surface area contributed by atoms with Gasteiger partial charge < -0.3 is 10.0 Å². The summed E-state index contributed by atoms with van der Waals surface area (Å²) in [4.78, 5) is 24.5. The molecule has 126 valence electrons. The Kier molecular flexibility index (Phi) is 6.03. The van der Waals surface area contributed by atoms with Crippen molar-refractivity contribution in [1.29, 1.82) is 0 Å². The standard InChI is InChI=1S/C18H20N2O4/c1-19(17(10-11-21)15-7-3-2-4-8-15)18(22)13-14-6-5-9-16(12-14)20(23)24/h2-9,12,17,21H,10-11,13H2,1H3. The summed E-state index contributed by atoms with van der Waals surface area (Å²) in [6.45, 7) is -0.0337. The van der Waals surface area contributed by atoms with Crippen molar-refractivity contribution in [3.8, 4) is 0 Å². The molecule has 0 radical (unpaired) electrons. The number of amides is 1. The Hall–Kier alpha value is -2.73. The lowest BCUT2D eigenvalue weighted by molar-refractivity contribution is -0.384. The van der Waals surface area contributed by atoms with Crippen LogP contribution in [0.4, 0.5) is 5.69 Å². The van der Waals surface area contributed by atoms with Crippen molar-refractivity contribution in [1.82, 2.24) is 4.90 Å². The van der Waals surface area contributed by atoms with E-state index in [1.165, 1.54) is 12.1 Å². The number of hydrogen-bond acceptors (Lipinski definition) is 4. The van der Waals surface area contributed by atoms with Crippen molar-refractivity contribution >= 4 is 11.6 Å². The van der Waals surface area contributed by atoms with Crippen LogP contribution in [-0.4, -0.2) is 34.5 Å². The van der Waals surface area contributed by atoms with Gasteiger partial charge in [0.15, 0.2) is 0 Å². The molecule has 2 aromatic carbocycles. The van der Waals surface area contributed by atoms with E-state index in [1.807, 2.05) is 30.3 Å². The van der Waals surface area contributed by atoms with Crippen LogP contribution in [0.25, 0.3) is 0 Å². The monoisotopic (exact) mass is 328 g/mol. The van der Waals surface area contributed by atoms with Gasteiger partial charge in [-0.1, -0.05) is 42.5 Å². The molecule has 0 heterocycles. The first kappa shape index (κ1) is 17.6. The first-order valence-corrected chi connectivity index (χ1v) is 7.67. The number of aliphatic hydroxyl groups excluding tert-OH is 1. The smallest absolute Gasteiger partial charge is 0.269 e. The number of aliphatic hydroxyl groups is 1. The molecule has 0 fully saturated rings. The van der Waals surface area contributed by atoms with Crippen LogP contribution < -0.4 is 0 Å². The normalized spacial score (nSPS) is 11.8. The molecule has 2 rings (SSSR count). The average molecular weight is 328 g/mol. The van der Waals surface area contributed by atoms with E-state index >= 15 is 0 Å². The molecule has 0 aliphatic rings. The minimum Gasteiger partial charge on any atom is -0.396 e. The van der Waals surface area contributed by atoms with Gasteiger partial charge in [0.1, 0.15) is 0 Å². The van der Waals surface area contributed by atoms with Crippen LogP contribution in [0.5, 0.6) is 0 Å². The van der Waals surface area contributed by atoms with Crippen LogP contribution in [0, 0.1) is 10.1 Å². The third-order valence-corrected chi connectivity index (χ3v) is 3.92. The van der Waals surface area contributed by atoms with Gasteiger partial charge in [-0.3, -0.25) is 14.9 Å². The lowest BCUT2D eigenvalue weighted by Gasteiger charge is -2.28. The minimum absolute atomic E-state index is 0.0297. The summed E-state index contributed by atoms with van der Waals surface area (Å²) >= 11 is 0. The molecule has 1 amide bonds. The molecule has 0 saturated heterocycles. The lowest BCUT2D eigenvalue weighted by atomic mass is 10.0. The predicted molar refractivity (Wildman–Crippen MR) is 90.5 cm³/mol. The van der Waals surface area contributed by atoms with Crippen molar-refractivity contribution in [2.24, 2.45) is 0 Å². The highest BCUT2D eigenvalue weighted by atomic mass is 16.6.